The lowest BCUT2D eigenvalue weighted by molar-refractivity contribution is 0.0991. The Balaban J connectivity index is 2.25. The highest BCUT2D eigenvalue weighted by atomic mass is 19.1. The van der Waals surface area contributed by atoms with Gasteiger partial charge in [0.1, 0.15) is 5.76 Å². The first-order chi connectivity index (χ1) is 8.61. The monoisotopic (exact) mass is 250 g/mol. The number of aromatic nitrogens is 1. The minimum absolute atomic E-state index is 0.0216. The summed E-state index contributed by atoms with van der Waals surface area (Å²) >= 11 is 0. The number of rotatable bonds is 4. The van der Waals surface area contributed by atoms with Crippen molar-refractivity contribution in [2.75, 3.05) is 7.11 Å². The van der Waals surface area contributed by atoms with Gasteiger partial charge in [-0.05, 0) is 11.6 Å². The molecule has 1 heterocycles. The van der Waals surface area contributed by atoms with Gasteiger partial charge in [0.05, 0.1) is 7.11 Å². The smallest absolute Gasteiger partial charge is 0.270 e. The van der Waals surface area contributed by atoms with Crippen molar-refractivity contribution in [3.05, 3.63) is 47.1 Å². The van der Waals surface area contributed by atoms with E-state index in [1.165, 1.54) is 19.2 Å². The summed E-state index contributed by atoms with van der Waals surface area (Å²) < 4.78 is 23.6. The number of halogens is 1. The Morgan fingerprint density at radius 3 is 2.94 bits per heavy atom. The third-order valence-electron chi connectivity index (χ3n) is 2.44. The van der Waals surface area contributed by atoms with Crippen molar-refractivity contribution in [2.45, 2.75) is 6.42 Å². The van der Waals surface area contributed by atoms with Crippen molar-refractivity contribution in [1.82, 2.24) is 5.16 Å². The van der Waals surface area contributed by atoms with E-state index in [9.17, 15) is 9.18 Å². The third kappa shape index (κ3) is 2.32. The molecule has 18 heavy (non-hydrogen) atoms. The number of carbonyl (C=O) groups excluding carboxylic acids is 1. The van der Waals surface area contributed by atoms with Crippen molar-refractivity contribution in [3.63, 3.8) is 0 Å². The molecule has 0 fully saturated rings. The van der Waals surface area contributed by atoms with E-state index in [0.29, 0.717) is 11.3 Å². The van der Waals surface area contributed by atoms with Gasteiger partial charge < -0.3 is 15.0 Å². The molecule has 1 aromatic carbocycles. The maximum atomic E-state index is 13.8. The highest BCUT2D eigenvalue weighted by Crippen LogP contribution is 2.22. The van der Waals surface area contributed by atoms with Gasteiger partial charge in [0, 0.05) is 12.5 Å². The number of methoxy groups -OCH3 is 1. The molecule has 94 valence electrons. The minimum atomic E-state index is -0.684. The number of hydrogen-bond donors (Lipinski definition) is 1. The topological polar surface area (TPSA) is 78.4 Å². The predicted molar refractivity (Wildman–Crippen MR) is 60.8 cm³/mol. The van der Waals surface area contributed by atoms with Crippen LogP contribution in [0.25, 0.3) is 0 Å². The number of carbonyl (C=O) groups is 1. The maximum absolute atomic E-state index is 13.8. The average Bonchev–Trinajstić information content (AvgIpc) is 2.80. The molecule has 0 bridgehead atoms. The number of nitrogens with zero attached hydrogens (tertiary/aromatic N) is 1. The molecule has 0 saturated carbocycles. The Bertz CT molecular complexity index is 580. The fourth-order valence-electron chi connectivity index (χ4n) is 1.55. The van der Waals surface area contributed by atoms with Crippen LogP contribution in [0.15, 0.2) is 28.8 Å². The summed E-state index contributed by atoms with van der Waals surface area (Å²) in [6, 6.07) is 6.18. The van der Waals surface area contributed by atoms with Gasteiger partial charge in [-0.1, -0.05) is 17.3 Å². The lowest BCUT2D eigenvalue weighted by Gasteiger charge is -2.05. The van der Waals surface area contributed by atoms with Crippen molar-refractivity contribution >= 4 is 5.91 Å². The van der Waals surface area contributed by atoms with Crippen LogP contribution in [-0.2, 0) is 6.42 Å². The van der Waals surface area contributed by atoms with Crippen molar-refractivity contribution < 1.29 is 18.4 Å². The van der Waals surface area contributed by atoms with E-state index in [0.717, 1.165) is 0 Å². The first kappa shape index (κ1) is 12.1. The van der Waals surface area contributed by atoms with Gasteiger partial charge in [0.15, 0.2) is 17.3 Å². The molecule has 1 aromatic heterocycles. The SMILES string of the molecule is COc1cccc(Cc2cc(C(N)=O)no2)c1F. The van der Waals surface area contributed by atoms with Crippen LogP contribution in [0.2, 0.25) is 0 Å². The van der Waals surface area contributed by atoms with E-state index in [1.807, 2.05) is 0 Å². The quantitative estimate of drug-likeness (QED) is 0.892. The Hall–Kier alpha value is -2.37. The third-order valence-corrected chi connectivity index (χ3v) is 2.44. The zero-order chi connectivity index (χ0) is 13.1. The van der Waals surface area contributed by atoms with Crippen LogP contribution in [0.1, 0.15) is 21.8 Å². The molecule has 0 spiro atoms. The van der Waals surface area contributed by atoms with Crippen LogP contribution in [0, 0.1) is 5.82 Å². The zero-order valence-electron chi connectivity index (χ0n) is 9.64. The predicted octanol–water partition coefficient (Wildman–Crippen LogP) is 1.51. The molecule has 2 rings (SSSR count). The number of ether oxygens (including phenoxy) is 1. The van der Waals surface area contributed by atoms with Gasteiger partial charge in [0.25, 0.3) is 5.91 Å². The van der Waals surface area contributed by atoms with Gasteiger partial charge in [0.2, 0.25) is 0 Å². The molecular weight excluding hydrogens is 239 g/mol. The van der Waals surface area contributed by atoms with Crippen molar-refractivity contribution in [2.24, 2.45) is 5.73 Å². The average molecular weight is 250 g/mol. The van der Waals surface area contributed by atoms with Crippen LogP contribution in [0.5, 0.6) is 5.75 Å². The van der Waals surface area contributed by atoms with E-state index >= 15 is 0 Å². The summed E-state index contributed by atoms with van der Waals surface area (Å²) in [7, 11) is 1.39. The Labute approximate surface area is 102 Å². The largest absolute Gasteiger partial charge is 0.494 e. The number of amides is 1. The van der Waals surface area contributed by atoms with Crippen LogP contribution in [0.3, 0.4) is 0 Å². The Kier molecular flexibility index (Phi) is 3.27. The molecule has 1 amide bonds. The molecule has 2 aromatic rings. The fourth-order valence-corrected chi connectivity index (χ4v) is 1.55. The summed E-state index contributed by atoms with van der Waals surface area (Å²) in [5.41, 5.74) is 5.45. The molecule has 2 N–H and O–H groups in total. The van der Waals surface area contributed by atoms with Crippen LogP contribution in [-0.4, -0.2) is 18.2 Å². The molecule has 0 aliphatic heterocycles. The second-order valence-corrected chi connectivity index (χ2v) is 3.65. The lowest BCUT2D eigenvalue weighted by atomic mass is 10.1. The van der Waals surface area contributed by atoms with Gasteiger partial charge >= 0.3 is 0 Å². The fraction of sp³-hybridized carbons (Fsp3) is 0.167. The number of benzene rings is 1. The Morgan fingerprint density at radius 2 is 2.33 bits per heavy atom. The Morgan fingerprint density at radius 1 is 1.56 bits per heavy atom. The number of hydrogen-bond acceptors (Lipinski definition) is 4. The summed E-state index contributed by atoms with van der Waals surface area (Å²) in [4.78, 5) is 10.8. The summed E-state index contributed by atoms with van der Waals surface area (Å²) in [5, 5.41) is 3.48. The van der Waals surface area contributed by atoms with E-state index in [1.54, 1.807) is 12.1 Å². The van der Waals surface area contributed by atoms with E-state index in [2.05, 4.69) is 5.16 Å². The molecule has 6 heteroatoms. The molecule has 0 atom stereocenters. The van der Waals surface area contributed by atoms with Gasteiger partial charge in [-0.15, -0.1) is 0 Å². The van der Waals surface area contributed by atoms with Crippen LogP contribution < -0.4 is 10.5 Å². The number of primary amides is 1. The molecule has 0 aliphatic rings. The second kappa shape index (κ2) is 4.87. The van der Waals surface area contributed by atoms with Gasteiger partial charge in [-0.25, -0.2) is 4.39 Å². The molecule has 5 nitrogen and oxygen atoms in total. The van der Waals surface area contributed by atoms with Crippen LogP contribution in [0.4, 0.5) is 4.39 Å². The van der Waals surface area contributed by atoms with Crippen molar-refractivity contribution in [1.29, 1.82) is 0 Å². The van der Waals surface area contributed by atoms with E-state index in [4.69, 9.17) is 15.0 Å². The first-order valence-electron chi connectivity index (χ1n) is 5.18. The minimum Gasteiger partial charge on any atom is -0.494 e. The zero-order valence-corrected chi connectivity index (χ0v) is 9.64. The molecule has 0 radical (unpaired) electrons. The maximum Gasteiger partial charge on any atom is 0.270 e. The summed E-state index contributed by atoms with van der Waals surface area (Å²) in [6.45, 7) is 0. The van der Waals surface area contributed by atoms with Gasteiger partial charge in [-0.2, -0.15) is 0 Å². The summed E-state index contributed by atoms with van der Waals surface area (Å²) in [5.74, 6) is -0.633. The summed E-state index contributed by atoms with van der Waals surface area (Å²) in [6.07, 6.45) is 0.170. The second-order valence-electron chi connectivity index (χ2n) is 3.65. The standard InChI is InChI=1S/C12H11FN2O3/c1-17-10-4-2-3-7(11(10)13)5-8-6-9(12(14)16)15-18-8/h2-4,6H,5H2,1H3,(H2,14,16). The molecular formula is C12H11FN2O3. The molecule has 0 saturated heterocycles. The normalized spacial score (nSPS) is 10.3. The van der Waals surface area contributed by atoms with E-state index in [-0.39, 0.29) is 17.9 Å². The van der Waals surface area contributed by atoms with Gasteiger partial charge in [-0.3, -0.25) is 4.79 Å². The molecule has 0 unspecified atom stereocenters. The van der Waals surface area contributed by atoms with Crippen molar-refractivity contribution in [3.8, 4) is 5.75 Å². The molecule has 0 aliphatic carbocycles. The highest BCUT2D eigenvalue weighted by molar-refractivity contribution is 5.90. The van der Waals surface area contributed by atoms with E-state index < -0.39 is 11.7 Å². The number of nitrogens with two attached hydrogens (primary N) is 1. The highest BCUT2D eigenvalue weighted by Gasteiger charge is 2.13. The lowest BCUT2D eigenvalue weighted by Crippen LogP contribution is -2.10. The first-order valence-corrected chi connectivity index (χ1v) is 5.18. The van der Waals surface area contributed by atoms with Crippen LogP contribution >= 0.6 is 0 Å².